The van der Waals surface area contributed by atoms with Crippen LogP contribution in [-0.2, 0) is 14.2 Å². The molecule has 2 fully saturated rings. The van der Waals surface area contributed by atoms with E-state index in [-0.39, 0.29) is 18.8 Å². The molecule has 0 aromatic carbocycles. The van der Waals surface area contributed by atoms with Crippen molar-refractivity contribution >= 4 is 0 Å². The van der Waals surface area contributed by atoms with Gasteiger partial charge in [0.15, 0.2) is 6.29 Å². The van der Waals surface area contributed by atoms with Crippen molar-refractivity contribution in [3.05, 3.63) is 0 Å². The quantitative estimate of drug-likeness (QED) is 0.306. The lowest BCUT2D eigenvalue weighted by atomic mass is 9.81. The summed E-state index contributed by atoms with van der Waals surface area (Å²) in [7, 11) is 3.11. The maximum absolute atomic E-state index is 10.6. The second-order valence-corrected chi connectivity index (χ2v) is 6.22. The van der Waals surface area contributed by atoms with Gasteiger partial charge >= 0.3 is 0 Å². The number of ether oxygens (including phenoxy) is 3. The molecule has 0 aromatic rings. The Morgan fingerprint density at radius 1 is 1.17 bits per heavy atom. The fourth-order valence-electron chi connectivity index (χ4n) is 3.34. The number of hydrogen-bond acceptors (Lipinski definition) is 9. The fourth-order valence-corrected chi connectivity index (χ4v) is 3.34. The second-order valence-electron chi connectivity index (χ2n) is 6.22. The molecule has 0 amide bonds. The topological polar surface area (TPSA) is 152 Å². The van der Waals surface area contributed by atoms with Gasteiger partial charge in [-0.1, -0.05) is 0 Å². The molecule has 1 aliphatic heterocycles. The molecule has 0 spiro atoms. The highest BCUT2D eigenvalue weighted by atomic mass is 16.7. The second kappa shape index (κ2) is 8.15. The van der Waals surface area contributed by atoms with Crippen LogP contribution < -0.4 is 16.8 Å². The fraction of sp³-hybridized carbons (Fsp3) is 1.00. The standard InChI is InChI=1S/C14H29N3O6/c1-17-9-11(20)12(8(16)10(19)13(9)21-2)23-14-7(15)4-3-6(5-18)22-14/h6-14,17-20H,3-5,15-16H2,1-2H3. The van der Waals surface area contributed by atoms with Crippen LogP contribution in [0.2, 0.25) is 0 Å². The Bertz CT molecular complexity index is 376. The Kier molecular flexibility index (Phi) is 6.72. The van der Waals surface area contributed by atoms with E-state index >= 15 is 0 Å². The first-order chi connectivity index (χ1) is 10.9. The lowest BCUT2D eigenvalue weighted by Gasteiger charge is -2.47. The molecule has 1 saturated heterocycles. The van der Waals surface area contributed by atoms with Crippen LogP contribution in [0.25, 0.3) is 0 Å². The molecule has 0 bridgehead atoms. The smallest absolute Gasteiger partial charge is 0.173 e. The molecule has 9 nitrogen and oxygen atoms in total. The van der Waals surface area contributed by atoms with E-state index in [1.54, 1.807) is 7.05 Å². The first-order valence-corrected chi connectivity index (χ1v) is 7.93. The number of methoxy groups -OCH3 is 1. The molecule has 136 valence electrons. The molecule has 23 heavy (non-hydrogen) atoms. The van der Waals surface area contributed by atoms with Gasteiger partial charge in [0.2, 0.25) is 0 Å². The summed E-state index contributed by atoms with van der Waals surface area (Å²) >= 11 is 0. The summed E-state index contributed by atoms with van der Waals surface area (Å²) in [6.07, 6.45) is -3.42. The first-order valence-electron chi connectivity index (χ1n) is 7.93. The third-order valence-corrected chi connectivity index (χ3v) is 4.77. The number of likely N-dealkylation sites (N-methyl/N-ethyl adjacent to an activating group) is 1. The molecule has 1 saturated carbocycles. The van der Waals surface area contributed by atoms with Crippen molar-refractivity contribution < 1.29 is 29.5 Å². The van der Waals surface area contributed by atoms with Gasteiger partial charge in [-0.05, 0) is 19.9 Å². The number of nitrogens with two attached hydrogens (primary N) is 2. The van der Waals surface area contributed by atoms with E-state index in [4.69, 9.17) is 25.7 Å². The number of aliphatic hydroxyl groups is 3. The molecular formula is C14H29N3O6. The van der Waals surface area contributed by atoms with Crippen LogP contribution in [0.15, 0.2) is 0 Å². The zero-order valence-electron chi connectivity index (χ0n) is 13.5. The minimum atomic E-state index is -1.01. The molecule has 1 aliphatic carbocycles. The SMILES string of the molecule is CNC1C(O)C(OC2OC(CO)CCC2N)C(N)C(O)C1OC. The molecule has 0 radical (unpaired) electrons. The molecule has 2 aliphatic rings. The van der Waals surface area contributed by atoms with Gasteiger partial charge in [-0.25, -0.2) is 0 Å². The van der Waals surface area contributed by atoms with Gasteiger partial charge in [0.25, 0.3) is 0 Å². The van der Waals surface area contributed by atoms with Crippen LogP contribution in [0, 0.1) is 0 Å². The van der Waals surface area contributed by atoms with Crippen molar-refractivity contribution in [2.75, 3.05) is 20.8 Å². The summed E-state index contributed by atoms with van der Waals surface area (Å²) in [4.78, 5) is 0. The van der Waals surface area contributed by atoms with Gasteiger partial charge in [0.1, 0.15) is 12.2 Å². The maximum atomic E-state index is 10.6. The van der Waals surface area contributed by atoms with E-state index in [1.165, 1.54) is 7.11 Å². The summed E-state index contributed by atoms with van der Waals surface area (Å²) in [5, 5.41) is 33.0. The lowest BCUT2D eigenvalue weighted by molar-refractivity contribution is -0.264. The van der Waals surface area contributed by atoms with Gasteiger partial charge in [-0.2, -0.15) is 0 Å². The van der Waals surface area contributed by atoms with Crippen LogP contribution in [0.3, 0.4) is 0 Å². The van der Waals surface area contributed by atoms with E-state index in [2.05, 4.69) is 5.32 Å². The number of hydrogen-bond donors (Lipinski definition) is 6. The minimum absolute atomic E-state index is 0.126. The van der Waals surface area contributed by atoms with E-state index in [0.717, 1.165) is 0 Å². The predicted octanol–water partition coefficient (Wildman–Crippen LogP) is -3.14. The Balaban J connectivity index is 2.10. The van der Waals surface area contributed by atoms with E-state index in [1.807, 2.05) is 0 Å². The Labute approximate surface area is 135 Å². The zero-order valence-corrected chi connectivity index (χ0v) is 13.5. The summed E-state index contributed by atoms with van der Waals surface area (Å²) < 4.78 is 16.7. The van der Waals surface area contributed by atoms with Crippen molar-refractivity contribution in [3.63, 3.8) is 0 Å². The Morgan fingerprint density at radius 3 is 2.43 bits per heavy atom. The van der Waals surface area contributed by atoms with Crippen LogP contribution >= 0.6 is 0 Å². The van der Waals surface area contributed by atoms with Gasteiger partial charge in [0.05, 0.1) is 43.0 Å². The number of rotatable bonds is 5. The minimum Gasteiger partial charge on any atom is -0.394 e. The molecule has 1 heterocycles. The van der Waals surface area contributed by atoms with Crippen molar-refractivity contribution in [3.8, 4) is 0 Å². The summed E-state index contributed by atoms with van der Waals surface area (Å²) in [5.74, 6) is 0. The van der Waals surface area contributed by atoms with Crippen LogP contribution in [-0.4, -0.2) is 91.0 Å². The largest absolute Gasteiger partial charge is 0.394 e. The highest BCUT2D eigenvalue weighted by Crippen LogP contribution is 2.28. The Hall–Kier alpha value is -0.360. The number of nitrogens with one attached hydrogen (secondary N) is 1. The van der Waals surface area contributed by atoms with Crippen molar-refractivity contribution in [1.29, 1.82) is 0 Å². The zero-order chi connectivity index (χ0) is 17.1. The third-order valence-electron chi connectivity index (χ3n) is 4.77. The number of aliphatic hydroxyl groups excluding tert-OH is 3. The Morgan fingerprint density at radius 2 is 1.87 bits per heavy atom. The molecule has 9 atom stereocenters. The van der Waals surface area contributed by atoms with Gasteiger partial charge < -0.3 is 46.3 Å². The normalized spacial score (nSPS) is 48.4. The highest BCUT2D eigenvalue weighted by molar-refractivity contribution is 5.05. The average Bonchev–Trinajstić information content (AvgIpc) is 2.56. The molecular weight excluding hydrogens is 306 g/mol. The van der Waals surface area contributed by atoms with Gasteiger partial charge in [0, 0.05) is 7.11 Å². The monoisotopic (exact) mass is 335 g/mol. The van der Waals surface area contributed by atoms with Gasteiger partial charge in [-0.15, -0.1) is 0 Å². The lowest BCUT2D eigenvalue weighted by Crippen LogP contribution is -2.71. The van der Waals surface area contributed by atoms with Crippen molar-refractivity contribution in [2.45, 2.75) is 67.8 Å². The van der Waals surface area contributed by atoms with Crippen molar-refractivity contribution in [2.24, 2.45) is 11.5 Å². The van der Waals surface area contributed by atoms with Gasteiger partial charge in [-0.3, -0.25) is 0 Å². The van der Waals surface area contributed by atoms with E-state index in [0.29, 0.717) is 12.8 Å². The van der Waals surface area contributed by atoms with Crippen LogP contribution in [0.4, 0.5) is 0 Å². The van der Waals surface area contributed by atoms with Crippen molar-refractivity contribution in [1.82, 2.24) is 5.32 Å². The molecule has 2 rings (SSSR count). The van der Waals surface area contributed by atoms with E-state index < -0.39 is 42.8 Å². The predicted molar refractivity (Wildman–Crippen MR) is 81.5 cm³/mol. The van der Waals surface area contributed by atoms with Crippen LogP contribution in [0.1, 0.15) is 12.8 Å². The van der Waals surface area contributed by atoms with E-state index in [9.17, 15) is 15.3 Å². The average molecular weight is 335 g/mol. The third kappa shape index (κ3) is 3.84. The molecule has 0 aromatic heterocycles. The van der Waals surface area contributed by atoms with Crippen LogP contribution in [0.5, 0.6) is 0 Å². The summed E-state index contributed by atoms with van der Waals surface area (Å²) in [6, 6.07) is -1.79. The maximum Gasteiger partial charge on any atom is 0.173 e. The molecule has 8 N–H and O–H groups in total. The summed E-state index contributed by atoms with van der Waals surface area (Å²) in [6.45, 7) is -0.126. The first kappa shape index (κ1) is 19.0. The molecule has 9 heteroatoms. The summed E-state index contributed by atoms with van der Waals surface area (Å²) in [5.41, 5.74) is 12.0. The highest BCUT2D eigenvalue weighted by Gasteiger charge is 2.50. The molecule has 9 unspecified atom stereocenters.